The minimum absolute atomic E-state index is 0.145. The molecule has 1 aromatic heterocycles. The molecule has 0 radical (unpaired) electrons. The number of nitrogens with zero attached hydrogens (tertiary/aromatic N) is 2. The first-order valence-corrected chi connectivity index (χ1v) is 10.9. The fourth-order valence-electron chi connectivity index (χ4n) is 2.92. The van der Waals surface area contributed by atoms with Gasteiger partial charge in [-0.15, -0.1) is 6.58 Å². The molecule has 3 amide bonds. The first-order valence-electron chi connectivity index (χ1n) is 9.52. The number of ether oxygens (including phenoxy) is 1. The number of fused-ring (bicyclic) bond motifs is 1. The maximum atomic E-state index is 13.4. The van der Waals surface area contributed by atoms with Crippen LogP contribution in [0.2, 0.25) is 5.02 Å². The van der Waals surface area contributed by atoms with Gasteiger partial charge in [0.2, 0.25) is 5.91 Å². The smallest absolute Gasteiger partial charge is 0.321 e. The number of carbonyl (C=O) groups is 2. The van der Waals surface area contributed by atoms with Gasteiger partial charge in [0.1, 0.15) is 5.75 Å². The standard InChI is InChI=1S/C22H21ClN4O4S/c1-4-9-24-21(30)26-19(28)12-32-22-25-16-11-14(23)6-7-15(16)20(29)27(22)17-10-13(2)5-8-18(17)31-3/h4-8,10-11H,1,9,12H2,2-3H3,(H2,24,26,28,30). The zero-order chi connectivity index (χ0) is 23.3. The summed E-state index contributed by atoms with van der Waals surface area (Å²) in [5.41, 5.74) is 1.48. The van der Waals surface area contributed by atoms with E-state index in [1.165, 1.54) is 17.8 Å². The van der Waals surface area contributed by atoms with E-state index in [-0.39, 0.29) is 23.0 Å². The summed E-state index contributed by atoms with van der Waals surface area (Å²) in [7, 11) is 1.51. The van der Waals surface area contributed by atoms with Crippen LogP contribution in [0.5, 0.6) is 5.75 Å². The van der Waals surface area contributed by atoms with Crippen LogP contribution >= 0.6 is 23.4 Å². The summed E-state index contributed by atoms with van der Waals surface area (Å²) in [5, 5.41) is 5.74. The predicted molar refractivity (Wildman–Crippen MR) is 126 cm³/mol. The van der Waals surface area contributed by atoms with E-state index in [2.05, 4.69) is 22.2 Å². The van der Waals surface area contributed by atoms with Crippen LogP contribution in [-0.4, -0.2) is 40.9 Å². The van der Waals surface area contributed by atoms with Gasteiger partial charge in [-0.25, -0.2) is 9.78 Å². The van der Waals surface area contributed by atoms with Crippen molar-refractivity contribution < 1.29 is 14.3 Å². The number of methoxy groups -OCH3 is 1. The first kappa shape index (κ1) is 23.4. The molecular weight excluding hydrogens is 452 g/mol. The zero-order valence-electron chi connectivity index (χ0n) is 17.5. The second-order valence-electron chi connectivity index (χ2n) is 6.71. The van der Waals surface area contributed by atoms with Crippen LogP contribution in [0.25, 0.3) is 16.6 Å². The zero-order valence-corrected chi connectivity index (χ0v) is 19.0. The van der Waals surface area contributed by atoms with Crippen molar-refractivity contribution in [3.63, 3.8) is 0 Å². The van der Waals surface area contributed by atoms with Gasteiger partial charge in [0.05, 0.1) is 29.5 Å². The lowest BCUT2D eigenvalue weighted by atomic mass is 10.2. The van der Waals surface area contributed by atoms with E-state index in [9.17, 15) is 14.4 Å². The van der Waals surface area contributed by atoms with E-state index in [0.29, 0.717) is 27.4 Å². The van der Waals surface area contributed by atoms with Crippen molar-refractivity contribution in [2.75, 3.05) is 19.4 Å². The minimum Gasteiger partial charge on any atom is -0.495 e. The van der Waals surface area contributed by atoms with E-state index in [1.54, 1.807) is 30.3 Å². The number of hydrogen-bond acceptors (Lipinski definition) is 6. The van der Waals surface area contributed by atoms with Crippen LogP contribution in [-0.2, 0) is 4.79 Å². The van der Waals surface area contributed by atoms with Gasteiger partial charge in [0, 0.05) is 11.6 Å². The number of carbonyl (C=O) groups excluding carboxylic acids is 2. The Balaban J connectivity index is 2.04. The molecule has 0 saturated carbocycles. The number of benzene rings is 2. The highest BCUT2D eigenvalue weighted by atomic mass is 35.5. The first-order chi connectivity index (χ1) is 15.3. The quantitative estimate of drug-likeness (QED) is 0.310. The van der Waals surface area contributed by atoms with Gasteiger partial charge in [0.15, 0.2) is 5.16 Å². The Morgan fingerprint density at radius 1 is 1.28 bits per heavy atom. The Labute approximate surface area is 193 Å². The average molecular weight is 473 g/mol. The maximum Gasteiger partial charge on any atom is 0.321 e. The molecular formula is C22H21ClN4O4S. The van der Waals surface area contributed by atoms with Gasteiger partial charge >= 0.3 is 6.03 Å². The molecule has 0 atom stereocenters. The number of rotatable bonds is 7. The van der Waals surface area contributed by atoms with Crippen LogP contribution in [0.15, 0.2) is 59.0 Å². The molecule has 3 aromatic rings. The van der Waals surface area contributed by atoms with Gasteiger partial charge in [-0.3, -0.25) is 19.5 Å². The number of hydrogen-bond donors (Lipinski definition) is 2. The molecule has 32 heavy (non-hydrogen) atoms. The van der Waals surface area contributed by atoms with Gasteiger partial charge in [0.25, 0.3) is 5.56 Å². The fraction of sp³-hybridized carbons (Fsp3) is 0.182. The van der Waals surface area contributed by atoms with Gasteiger partial charge < -0.3 is 10.1 Å². The molecule has 0 aliphatic rings. The number of aromatic nitrogens is 2. The highest BCUT2D eigenvalue weighted by Gasteiger charge is 2.18. The fourth-order valence-corrected chi connectivity index (χ4v) is 3.90. The van der Waals surface area contributed by atoms with Crippen LogP contribution in [0.1, 0.15) is 5.56 Å². The lowest BCUT2D eigenvalue weighted by Gasteiger charge is -2.16. The third kappa shape index (κ3) is 5.30. The Morgan fingerprint density at radius 3 is 2.78 bits per heavy atom. The molecule has 0 fully saturated rings. The summed E-state index contributed by atoms with van der Waals surface area (Å²) in [5.74, 6) is -0.212. The molecule has 0 spiro atoms. The van der Waals surface area contributed by atoms with Crippen molar-refractivity contribution in [3.8, 4) is 11.4 Å². The second-order valence-corrected chi connectivity index (χ2v) is 8.09. The molecule has 2 aromatic carbocycles. The molecule has 0 aliphatic heterocycles. The summed E-state index contributed by atoms with van der Waals surface area (Å²) >= 11 is 7.10. The number of nitrogens with one attached hydrogen (secondary N) is 2. The average Bonchev–Trinajstić information content (AvgIpc) is 2.76. The van der Waals surface area contributed by atoms with Crippen LogP contribution in [0.4, 0.5) is 4.79 Å². The Morgan fingerprint density at radius 2 is 2.06 bits per heavy atom. The number of amides is 3. The Kier molecular flexibility index (Phi) is 7.55. The number of urea groups is 1. The molecule has 166 valence electrons. The van der Waals surface area contributed by atoms with Gasteiger partial charge in [-0.05, 0) is 42.8 Å². The highest BCUT2D eigenvalue weighted by Crippen LogP contribution is 2.28. The largest absolute Gasteiger partial charge is 0.495 e. The topological polar surface area (TPSA) is 102 Å². The second kappa shape index (κ2) is 10.3. The highest BCUT2D eigenvalue weighted by molar-refractivity contribution is 7.99. The molecule has 8 nitrogen and oxygen atoms in total. The molecule has 0 saturated heterocycles. The summed E-state index contributed by atoms with van der Waals surface area (Å²) in [4.78, 5) is 41.9. The molecule has 1 heterocycles. The lowest BCUT2D eigenvalue weighted by Crippen LogP contribution is -2.40. The van der Waals surface area contributed by atoms with Crippen molar-refractivity contribution in [2.45, 2.75) is 12.1 Å². The summed E-state index contributed by atoms with van der Waals surface area (Å²) in [6.45, 7) is 5.62. The summed E-state index contributed by atoms with van der Waals surface area (Å²) < 4.78 is 6.85. The van der Waals surface area contributed by atoms with E-state index >= 15 is 0 Å². The van der Waals surface area contributed by atoms with E-state index in [4.69, 9.17) is 16.3 Å². The van der Waals surface area contributed by atoms with Gasteiger partial charge in [-0.1, -0.05) is 35.5 Å². The molecule has 10 heteroatoms. The lowest BCUT2D eigenvalue weighted by molar-refractivity contribution is -0.117. The van der Waals surface area contributed by atoms with Crippen molar-refractivity contribution in [1.29, 1.82) is 0 Å². The molecule has 0 aliphatic carbocycles. The summed E-state index contributed by atoms with van der Waals surface area (Å²) in [6.07, 6.45) is 1.50. The predicted octanol–water partition coefficient (Wildman–Crippen LogP) is 3.46. The molecule has 2 N–H and O–H groups in total. The van der Waals surface area contributed by atoms with Crippen LogP contribution < -0.4 is 20.9 Å². The van der Waals surface area contributed by atoms with Crippen molar-refractivity contribution in [3.05, 3.63) is 70.0 Å². The normalized spacial score (nSPS) is 10.6. The van der Waals surface area contributed by atoms with E-state index < -0.39 is 11.9 Å². The molecule has 0 unspecified atom stereocenters. The van der Waals surface area contributed by atoms with Crippen LogP contribution in [0, 0.1) is 6.92 Å². The molecule has 3 rings (SSSR count). The van der Waals surface area contributed by atoms with Crippen molar-refractivity contribution in [1.82, 2.24) is 20.2 Å². The number of thioether (sulfide) groups is 1. The SMILES string of the molecule is C=CCNC(=O)NC(=O)CSc1nc2cc(Cl)ccc2c(=O)n1-c1cc(C)ccc1OC. The van der Waals surface area contributed by atoms with Crippen LogP contribution in [0.3, 0.4) is 0 Å². The monoisotopic (exact) mass is 472 g/mol. The third-order valence-electron chi connectivity index (χ3n) is 4.37. The van der Waals surface area contributed by atoms with E-state index in [1.807, 2.05) is 13.0 Å². The van der Waals surface area contributed by atoms with Crippen molar-refractivity contribution in [2.24, 2.45) is 0 Å². The van der Waals surface area contributed by atoms with E-state index in [0.717, 1.165) is 17.3 Å². The number of imide groups is 1. The Hall–Kier alpha value is -3.30. The number of halogens is 1. The Bertz CT molecular complexity index is 1260. The summed E-state index contributed by atoms with van der Waals surface area (Å²) in [6, 6.07) is 9.60. The van der Waals surface area contributed by atoms with Crippen molar-refractivity contribution >= 4 is 46.2 Å². The maximum absolute atomic E-state index is 13.4. The molecule has 0 bridgehead atoms. The number of aryl methyl sites for hydroxylation is 1. The minimum atomic E-state index is -0.633. The third-order valence-corrected chi connectivity index (χ3v) is 5.54. The van der Waals surface area contributed by atoms with Gasteiger partial charge in [-0.2, -0.15) is 0 Å².